The summed E-state index contributed by atoms with van der Waals surface area (Å²) in [7, 11) is 1.78. The van der Waals surface area contributed by atoms with Crippen LogP contribution in [0.1, 0.15) is 33.6 Å². The van der Waals surface area contributed by atoms with E-state index in [-0.39, 0.29) is 11.3 Å². The Labute approximate surface area is 127 Å². The molecule has 4 heteroatoms. The molecule has 0 radical (unpaired) electrons. The highest BCUT2D eigenvalue weighted by Crippen LogP contribution is 2.24. The molecule has 4 nitrogen and oxygen atoms in total. The van der Waals surface area contributed by atoms with Gasteiger partial charge in [0.2, 0.25) is 5.91 Å². The Kier molecular flexibility index (Phi) is 4.88. The normalized spacial score (nSPS) is 16.9. The largest absolute Gasteiger partial charge is 0.381 e. The molecule has 1 aliphatic rings. The first-order chi connectivity index (χ1) is 9.90. The smallest absolute Gasteiger partial charge is 0.229 e. The lowest BCUT2D eigenvalue weighted by molar-refractivity contribution is -0.123. The third kappa shape index (κ3) is 4.21. The molecule has 1 saturated heterocycles. The monoisotopic (exact) mass is 290 g/mol. The molecule has 0 bridgehead atoms. The van der Waals surface area contributed by atoms with Gasteiger partial charge in [0.05, 0.1) is 6.10 Å². The minimum atomic E-state index is -0.374. The van der Waals surface area contributed by atoms with Crippen molar-refractivity contribution in [3.05, 3.63) is 24.3 Å². The number of carbonyl (C=O) groups excluding carboxylic acids is 1. The Bertz CT molecular complexity index is 469. The first kappa shape index (κ1) is 15.8. The Balaban J connectivity index is 1.95. The zero-order chi connectivity index (χ0) is 15.5. The highest BCUT2D eigenvalue weighted by atomic mass is 16.5. The van der Waals surface area contributed by atoms with Gasteiger partial charge in [-0.3, -0.25) is 4.79 Å². The molecule has 21 heavy (non-hydrogen) atoms. The number of carbonyl (C=O) groups is 1. The molecule has 1 aliphatic heterocycles. The summed E-state index contributed by atoms with van der Waals surface area (Å²) in [4.78, 5) is 14.3. The number of nitrogens with one attached hydrogen (secondary N) is 1. The molecular formula is C17H26N2O2. The van der Waals surface area contributed by atoms with Crippen molar-refractivity contribution in [2.75, 3.05) is 30.4 Å². The molecule has 1 fully saturated rings. The molecule has 2 rings (SSSR count). The van der Waals surface area contributed by atoms with Crippen molar-refractivity contribution in [2.45, 2.75) is 39.7 Å². The average molecular weight is 290 g/mol. The fourth-order valence-corrected chi connectivity index (χ4v) is 2.42. The summed E-state index contributed by atoms with van der Waals surface area (Å²) in [6.45, 7) is 7.78. The van der Waals surface area contributed by atoms with Gasteiger partial charge in [-0.05, 0) is 37.1 Å². The van der Waals surface area contributed by atoms with E-state index in [0.717, 1.165) is 31.6 Å². The van der Waals surface area contributed by atoms with Gasteiger partial charge in [0.1, 0.15) is 0 Å². The number of anilines is 2. The van der Waals surface area contributed by atoms with Gasteiger partial charge in [-0.15, -0.1) is 0 Å². The van der Waals surface area contributed by atoms with Crippen LogP contribution in [0.25, 0.3) is 0 Å². The summed E-state index contributed by atoms with van der Waals surface area (Å²) in [5.41, 5.74) is 1.68. The van der Waals surface area contributed by atoms with Gasteiger partial charge >= 0.3 is 0 Å². The maximum absolute atomic E-state index is 12.0. The lowest BCUT2D eigenvalue weighted by Gasteiger charge is -2.33. The zero-order valence-corrected chi connectivity index (χ0v) is 13.5. The van der Waals surface area contributed by atoms with E-state index in [4.69, 9.17) is 4.74 Å². The van der Waals surface area contributed by atoms with Crippen molar-refractivity contribution in [3.8, 4) is 0 Å². The van der Waals surface area contributed by atoms with Crippen molar-refractivity contribution in [1.29, 1.82) is 0 Å². The van der Waals surface area contributed by atoms with E-state index in [1.165, 1.54) is 5.69 Å². The average Bonchev–Trinajstić information content (AvgIpc) is 2.47. The van der Waals surface area contributed by atoms with Crippen LogP contribution in [-0.4, -0.2) is 32.2 Å². The molecule has 1 amide bonds. The summed E-state index contributed by atoms with van der Waals surface area (Å²) in [5, 5.41) is 2.95. The minimum Gasteiger partial charge on any atom is -0.381 e. The maximum Gasteiger partial charge on any atom is 0.229 e. The van der Waals surface area contributed by atoms with Crippen molar-refractivity contribution >= 4 is 17.3 Å². The predicted octanol–water partition coefficient (Wildman–Crippen LogP) is 3.29. The summed E-state index contributed by atoms with van der Waals surface area (Å²) in [6.07, 6.45) is 2.53. The molecule has 116 valence electrons. The van der Waals surface area contributed by atoms with E-state index in [9.17, 15) is 4.79 Å². The van der Waals surface area contributed by atoms with E-state index in [0.29, 0.717) is 6.10 Å². The highest BCUT2D eigenvalue weighted by molar-refractivity contribution is 5.94. The summed E-state index contributed by atoms with van der Waals surface area (Å²) in [6, 6.07) is 8.10. The second-order valence-corrected chi connectivity index (χ2v) is 6.67. The molecule has 0 aromatic heterocycles. The second-order valence-electron chi connectivity index (χ2n) is 6.67. The van der Waals surface area contributed by atoms with Crippen molar-refractivity contribution in [2.24, 2.45) is 5.41 Å². The van der Waals surface area contributed by atoms with Gasteiger partial charge < -0.3 is 15.0 Å². The number of hydrogen-bond donors (Lipinski definition) is 1. The van der Waals surface area contributed by atoms with Crippen LogP contribution >= 0.6 is 0 Å². The van der Waals surface area contributed by atoms with Gasteiger partial charge in [0.15, 0.2) is 0 Å². The Morgan fingerprint density at radius 1 is 1.19 bits per heavy atom. The number of piperidine rings is 1. The number of rotatable bonds is 3. The number of methoxy groups -OCH3 is 1. The van der Waals surface area contributed by atoms with Crippen molar-refractivity contribution in [1.82, 2.24) is 0 Å². The maximum atomic E-state index is 12.0. The van der Waals surface area contributed by atoms with Crippen LogP contribution in [0, 0.1) is 5.41 Å². The fraction of sp³-hybridized carbons (Fsp3) is 0.588. The Morgan fingerprint density at radius 2 is 1.76 bits per heavy atom. The third-order valence-corrected chi connectivity index (χ3v) is 3.95. The topological polar surface area (TPSA) is 41.6 Å². The number of nitrogens with zero attached hydrogens (tertiary/aromatic N) is 1. The van der Waals surface area contributed by atoms with Crippen LogP contribution in [-0.2, 0) is 9.53 Å². The van der Waals surface area contributed by atoms with Gasteiger partial charge in [-0.1, -0.05) is 20.8 Å². The molecule has 0 saturated carbocycles. The van der Waals surface area contributed by atoms with Crippen molar-refractivity contribution in [3.63, 3.8) is 0 Å². The van der Waals surface area contributed by atoms with Crippen LogP contribution in [0.3, 0.4) is 0 Å². The summed E-state index contributed by atoms with van der Waals surface area (Å²) >= 11 is 0. The molecule has 1 aromatic carbocycles. The highest BCUT2D eigenvalue weighted by Gasteiger charge is 2.21. The molecule has 1 heterocycles. The van der Waals surface area contributed by atoms with Crippen LogP contribution in [0.2, 0.25) is 0 Å². The number of amides is 1. The van der Waals surface area contributed by atoms with E-state index < -0.39 is 0 Å². The van der Waals surface area contributed by atoms with Gasteiger partial charge in [0.25, 0.3) is 0 Å². The number of ether oxygens (including phenoxy) is 1. The zero-order valence-electron chi connectivity index (χ0n) is 13.5. The van der Waals surface area contributed by atoms with Gasteiger partial charge in [0, 0.05) is 37.0 Å². The van der Waals surface area contributed by atoms with Gasteiger partial charge in [-0.2, -0.15) is 0 Å². The van der Waals surface area contributed by atoms with E-state index in [1.807, 2.05) is 32.9 Å². The molecular weight excluding hydrogens is 264 g/mol. The van der Waals surface area contributed by atoms with E-state index in [2.05, 4.69) is 22.3 Å². The first-order valence-corrected chi connectivity index (χ1v) is 7.59. The molecule has 1 aromatic rings. The SMILES string of the molecule is COC1CCN(c2ccc(NC(=O)C(C)(C)C)cc2)CC1. The van der Waals surface area contributed by atoms with E-state index >= 15 is 0 Å². The van der Waals surface area contributed by atoms with E-state index in [1.54, 1.807) is 7.11 Å². The molecule has 0 unspecified atom stereocenters. The second kappa shape index (κ2) is 6.48. The van der Waals surface area contributed by atoms with Crippen LogP contribution in [0.5, 0.6) is 0 Å². The Hall–Kier alpha value is -1.55. The first-order valence-electron chi connectivity index (χ1n) is 7.59. The predicted molar refractivity (Wildman–Crippen MR) is 86.8 cm³/mol. The summed E-state index contributed by atoms with van der Waals surface area (Å²) in [5.74, 6) is 0.0381. The van der Waals surface area contributed by atoms with Crippen molar-refractivity contribution < 1.29 is 9.53 Å². The third-order valence-electron chi connectivity index (χ3n) is 3.95. The number of hydrogen-bond acceptors (Lipinski definition) is 3. The lowest BCUT2D eigenvalue weighted by atomic mass is 9.95. The van der Waals surface area contributed by atoms with Crippen LogP contribution < -0.4 is 10.2 Å². The lowest BCUT2D eigenvalue weighted by Crippen LogP contribution is -2.36. The van der Waals surface area contributed by atoms with Crippen LogP contribution in [0.4, 0.5) is 11.4 Å². The molecule has 0 spiro atoms. The molecule has 0 aliphatic carbocycles. The summed E-state index contributed by atoms with van der Waals surface area (Å²) < 4.78 is 5.40. The minimum absolute atomic E-state index is 0.0381. The molecule has 0 atom stereocenters. The fourth-order valence-electron chi connectivity index (χ4n) is 2.42. The van der Waals surface area contributed by atoms with Gasteiger partial charge in [-0.25, -0.2) is 0 Å². The standard InChI is InChI=1S/C17H26N2O2/c1-17(2,3)16(20)18-13-5-7-14(8-6-13)19-11-9-15(21-4)10-12-19/h5-8,15H,9-12H2,1-4H3,(H,18,20). The quantitative estimate of drug-likeness (QED) is 0.929. The molecule has 1 N–H and O–H groups in total. The Morgan fingerprint density at radius 3 is 2.24 bits per heavy atom. The number of benzene rings is 1. The van der Waals surface area contributed by atoms with Crippen LogP contribution in [0.15, 0.2) is 24.3 Å².